The molecule has 6 heteroatoms. The Hall–Kier alpha value is -1.95. The maximum atomic E-state index is 5.72. The van der Waals surface area contributed by atoms with Crippen molar-refractivity contribution in [3.8, 4) is 11.4 Å². The van der Waals surface area contributed by atoms with Crippen molar-refractivity contribution in [3.63, 3.8) is 0 Å². The molecule has 0 bridgehead atoms. The second-order valence-corrected chi connectivity index (χ2v) is 5.26. The van der Waals surface area contributed by atoms with Crippen molar-refractivity contribution in [2.75, 3.05) is 18.9 Å². The fourth-order valence-corrected chi connectivity index (χ4v) is 2.69. The molecular formula is C14H19N5O. The molecule has 1 aromatic carbocycles. The molecule has 3 rings (SSSR count). The van der Waals surface area contributed by atoms with Crippen molar-refractivity contribution in [2.24, 2.45) is 5.92 Å². The number of hydrogen-bond acceptors (Lipinski definition) is 5. The molecule has 1 aliphatic rings. The van der Waals surface area contributed by atoms with E-state index in [1.165, 1.54) is 0 Å². The first-order valence-corrected chi connectivity index (χ1v) is 6.97. The van der Waals surface area contributed by atoms with Gasteiger partial charge in [-0.15, -0.1) is 5.10 Å². The smallest absolute Gasteiger partial charge is 0.182 e. The van der Waals surface area contributed by atoms with E-state index in [-0.39, 0.29) is 6.04 Å². The van der Waals surface area contributed by atoms with Gasteiger partial charge < -0.3 is 10.5 Å². The summed E-state index contributed by atoms with van der Waals surface area (Å²) in [6.45, 7) is 3.83. The Bertz CT molecular complexity index is 559. The van der Waals surface area contributed by atoms with E-state index >= 15 is 0 Å². The molecule has 20 heavy (non-hydrogen) atoms. The van der Waals surface area contributed by atoms with E-state index in [1.54, 1.807) is 0 Å². The number of rotatable bonds is 3. The predicted octanol–water partition coefficient (Wildman–Crippen LogP) is 1.91. The molecule has 1 aliphatic heterocycles. The van der Waals surface area contributed by atoms with Gasteiger partial charge in [-0.2, -0.15) is 0 Å². The summed E-state index contributed by atoms with van der Waals surface area (Å²) in [5.41, 5.74) is 7.45. The molecule has 0 aliphatic carbocycles. The Morgan fingerprint density at radius 3 is 2.65 bits per heavy atom. The maximum absolute atomic E-state index is 5.72. The number of benzene rings is 1. The van der Waals surface area contributed by atoms with E-state index in [2.05, 4.69) is 22.4 Å². The Balaban J connectivity index is 1.87. The second-order valence-electron chi connectivity index (χ2n) is 5.26. The van der Waals surface area contributed by atoms with Crippen LogP contribution in [0.4, 0.5) is 5.69 Å². The van der Waals surface area contributed by atoms with Gasteiger partial charge in [0, 0.05) is 24.5 Å². The van der Waals surface area contributed by atoms with E-state index in [1.807, 2.05) is 28.9 Å². The molecule has 106 valence electrons. The van der Waals surface area contributed by atoms with Gasteiger partial charge in [0.25, 0.3) is 0 Å². The zero-order valence-electron chi connectivity index (χ0n) is 11.6. The lowest BCUT2D eigenvalue weighted by Gasteiger charge is -2.28. The van der Waals surface area contributed by atoms with Gasteiger partial charge in [-0.3, -0.25) is 0 Å². The normalized spacial score (nSPS) is 18.1. The summed E-state index contributed by atoms with van der Waals surface area (Å²) in [6.07, 6.45) is 2.12. The Labute approximate surface area is 117 Å². The number of ether oxygens (including phenoxy) is 1. The summed E-state index contributed by atoms with van der Waals surface area (Å²) >= 11 is 0. The quantitative estimate of drug-likeness (QED) is 0.864. The molecule has 6 nitrogen and oxygen atoms in total. The summed E-state index contributed by atoms with van der Waals surface area (Å²) in [7, 11) is 0. The van der Waals surface area contributed by atoms with Crippen molar-refractivity contribution < 1.29 is 4.74 Å². The average Bonchev–Trinajstić information content (AvgIpc) is 2.97. The summed E-state index contributed by atoms with van der Waals surface area (Å²) < 4.78 is 7.34. The minimum Gasteiger partial charge on any atom is -0.399 e. The highest BCUT2D eigenvalue weighted by molar-refractivity contribution is 5.58. The van der Waals surface area contributed by atoms with Gasteiger partial charge in [0.1, 0.15) is 0 Å². The van der Waals surface area contributed by atoms with Crippen LogP contribution in [0.5, 0.6) is 0 Å². The molecule has 1 atom stereocenters. The van der Waals surface area contributed by atoms with Crippen molar-refractivity contribution in [2.45, 2.75) is 25.8 Å². The van der Waals surface area contributed by atoms with Gasteiger partial charge in [0.15, 0.2) is 5.82 Å². The number of nitrogen functional groups attached to an aromatic ring is 1. The van der Waals surface area contributed by atoms with Crippen LogP contribution in [0.1, 0.15) is 25.8 Å². The van der Waals surface area contributed by atoms with Crippen LogP contribution in [-0.4, -0.2) is 33.4 Å². The van der Waals surface area contributed by atoms with E-state index in [0.29, 0.717) is 5.92 Å². The first-order chi connectivity index (χ1) is 9.75. The van der Waals surface area contributed by atoms with E-state index < -0.39 is 0 Å². The van der Waals surface area contributed by atoms with Crippen LogP contribution >= 0.6 is 0 Å². The standard InChI is InChI=1S/C14H19N5O/c1-10(11-6-8-20-9-7-11)19-14(16-17-18-19)12-2-4-13(15)5-3-12/h2-5,10-11H,6-9,15H2,1H3. The monoisotopic (exact) mass is 273 g/mol. The third-order valence-corrected chi connectivity index (χ3v) is 4.00. The lowest BCUT2D eigenvalue weighted by atomic mass is 9.93. The Morgan fingerprint density at radius 1 is 1.25 bits per heavy atom. The van der Waals surface area contributed by atoms with Gasteiger partial charge >= 0.3 is 0 Å². The lowest BCUT2D eigenvalue weighted by molar-refractivity contribution is 0.0495. The van der Waals surface area contributed by atoms with Crippen LogP contribution in [0.25, 0.3) is 11.4 Å². The maximum Gasteiger partial charge on any atom is 0.182 e. The van der Waals surface area contributed by atoms with Crippen LogP contribution in [0, 0.1) is 5.92 Å². The SMILES string of the molecule is CC(C1CCOCC1)n1nnnc1-c1ccc(N)cc1. The van der Waals surface area contributed by atoms with E-state index in [4.69, 9.17) is 10.5 Å². The zero-order valence-corrected chi connectivity index (χ0v) is 11.6. The van der Waals surface area contributed by atoms with Crippen molar-refractivity contribution in [3.05, 3.63) is 24.3 Å². The summed E-state index contributed by atoms with van der Waals surface area (Å²) in [5, 5.41) is 12.2. The molecule has 2 aromatic rings. The number of tetrazole rings is 1. The minimum atomic E-state index is 0.265. The van der Waals surface area contributed by atoms with Gasteiger partial charge in [-0.1, -0.05) is 0 Å². The summed E-state index contributed by atoms with van der Waals surface area (Å²) in [5.74, 6) is 1.35. The van der Waals surface area contributed by atoms with Crippen LogP contribution in [0.15, 0.2) is 24.3 Å². The Kier molecular flexibility index (Phi) is 3.64. The van der Waals surface area contributed by atoms with Gasteiger partial charge in [0.05, 0.1) is 6.04 Å². The minimum absolute atomic E-state index is 0.265. The molecule has 1 aromatic heterocycles. The predicted molar refractivity (Wildman–Crippen MR) is 75.9 cm³/mol. The van der Waals surface area contributed by atoms with Crippen LogP contribution in [0.3, 0.4) is 0 Å². The molecule has 2 N–H and O–H groups in total. The van der Waals surface area contributed by atoms with Gasteiger partial charge in [-0.05, 0) is 60.4 Å². The highest BCUT2D eigenvalue weighted by atomic mass is 16.5. The first kappa shape index (κ1) is 13.1. The van der Waals surface area contributed by atoms with Crippen LogP contribution < -0.4 is 5.73 Å². The lowest BCUT2D eigenvalue weighted by Crippen LogP contribution is -2.25. The third kappa shape index (κ3) is 2.51. The fourth-order valence-electron chi connectivity index (χ4n) is 2.69. The van der Waals surface area contributed by atoms with Crippen LogP contribution in [-0.2, 0) is 4.74 Å². The highest BCUT2D eigenvalue weighted by Crippen LogP contribution is 2.29. The van der Waals surface area contributed by atoms with E-state index in [0.717, 1.165) is 43.1 Å². The number of nitrogens with zero attached hydrogens (tertiary/aromatic N) is 4. The topological polar surface area (TPSA) is 78.8 Å². The molecule has 1 fully saturated rings. The van der Waals surface area contributed by atoms with Crippen LogP contribution in [0.2, 0.25) is 0 Å². The summed E-state index contributed by atoms with van der Waals surface area (Å²) in [4.78, 5) is 0. The molecule has 1 saturated heterocycles. The molecular weight excluding hydrogens is 254 g/mol. The fraction of sp³-hybridized carbons (Fsp3) is 0.500. The second kappa shape index (κ2) is 5.58. The highest BCUT2D eigenvalue weighted by Gasteiger charge is 2.25. The van der Waals surface area contributed by atoms with Crippen molar-refractivity contribution >= 4 is 5.69 Å². The molecule has 1 unspecified atom stereocenters. The van der Waals surface area contributed by atoms with E-state index in [9.17, 15) is 0 Å². The third-order valence-electron chi connectivity index (χ3n) is 4.00. The van der Waals surface area contributed by atoms with Crippen molar-refractivity contribution in [1.82, 2.24) is 20.2 Å². The number of aromatic nitrogens is 4. The molecule has 0 radical (unpaired) electrons. The van der Waals surface area contributed by atoms with Gasteiger partial charge in [0.2, 0.25) is 0 Å². The summed E-state index contributed by atoms with van der Waals surface area (Å²) in [6, 6.07) is 7.91. The number of hydrogen-bond donors (Lipinski definition) is 1. The van der Waals surface area contributed by atoms with Gasteiger partial charge in [-0.25, -0.2) is 4.68 Å². The molecule has 0 spiro atoms. The average molecular weight is 273 g/mol. The molecule has 0 saturated carbocycles. The van der Waals surface area contributed by atoms with Crippen molar-refractivity contribution in [1.29, 1.82) is 0 Å². The molecule has 0 amide bonds. The number of anilines is 1. The molecule has 2 heterocycles. The zero-order chi connectivity index (χ0) is 13.9. The Morgan fingerprint density at radius 2 is 1.95 bits per heavy atom. The largest absolute Gasteiger partial charge is 0.399 e. The first-order valence-electron chi connectivity index (χ1n) is 6.97. The number of nitrogens with two attached hydrogens (primary N) is 1.